The van der Waals surface area contributed by atoms with E-state index in [9.17, 15) is 4.79 Å². The van der Waals surface area contributed by atoms with E-state index < -0.39 is 0 Å². The molecular weight excluding hydrogens is 348 g/mol. The summed E-state index contributed by atoms with van der Waals surface area (Å²) in [6.45, 7) is 9.83. The summed E-state index contributed by atoms with van der Waals surface area (Å²) in [6.07, 6.45) is 5.58. The molecule has 0 spiro atoms. The molecule has 0 saturated carbocycles. The third-order valence-corrected chi connectivity index (χ3v) is 5.81. The fraction of sp³-hybridized carbons (Fsp3) is 0.611. The molecule has 0 radical (unpaired) electrons. The van der Waals surface area contributed by atoms with Gasteiger partial charge in [-0.15, -0.1) is 10.2 Å². The molecule has 1 amide bonds. The summed E-state index contributed by atoms with van der Waals surface area (Å²) in [6, 6.07) is 3.70. The monoisotopic (exact) mass is 376 g/mol. The lowest BCUT2D eigenvalue weighted by Crippen LogP contribution is -2.35. The van der Waals surface area contributed by atoms with Gasteiger partial charge >= 0.3 is 0 Å². The molecule has 2 aromatic rings. The first-order valence-electron chi connectivity index (χ1n) is 9.49. The van der Waals surface area contributed by atoms with E-state index in [4.69, 9.17) is 0 Å². The van der Waals surface area contributed by atoms with Crippen LogP contribution in [0.2, 0.25) is 0 Å². The highest BCUT2D eigenvalue weighted by Gasteiger charge is 2.19. The maximum absolute atomic E-state index is 12.6. The van der Waals surface area contributed by atoms with Gasteiger partial charge in [0.05, 0.1) is 0 Å². The van der Waals surface area contributed by atoms with Crippen LogP contribution in [0.15, 0.2) is 18.3 Å². The first-order chi connectivity index (χ1) is 12.7. The van der Waals surface area contributed by atoms with Crippen molar-refractivity contribution < 1.29 is 4.79 Å². The van der Waals surface area contributed by atoms with Gasteiger partial charge in [-0.3, -0.25) is 9.36 Å². The minimum absolute atomic E-state index is 0.0723. The number of hydrogen-bond donors (Lipinski definition) is 1. The quantitative estimate of drug-likeness (QED) is 0.766. The molecule has 0 atom stereocenters. The predicted molar refractivity (Wildman–Crippen MR) is 105 cm³/mol. The zero-order valence-electron chi connectivity index (χ0n) is 15.6. The molecule has 142 valence electrons. The average Bonchev–Trinajstić information content (AvgIpc) is 3.35. The van der Waals surface area contributed by atoms with Crippen LogP contribution in [0.25, 0.3) is 5.13 Å². The van der Waals surface area contributed by atoms with Gasteiger partial charge in [-0.1, -0.05) is 25.2 Å². The van der Waals surface area contributed by atoms with E-state index >= 15 is 0 Å². The smallest absolute Gasteiger partial charge is 0.268 e. The second kappa shape index (κ2) is 9.14. The fourth-order valence-electron chi connectivity index (χ4n) is 3.21. The second-order valence-corrected chi connectivity index (χ2v) is 7.40. The normalized spacial score (nSPS) is 14.8. The number of piperidine rings is 1. The van der Waals surface area contributed by atoms with Crippen molar-refractivity contribution in [2.75, 3.05) is 44.2 Å². The SMILES string of the molecule is CCN(CC)CCNC(=O)c1cccn1-c1nnc(N2CCCCC2)s1. The van der Waals surface area contributed by atoms with Crippen LogP contribution in [-0.4, -0.2) is 64.8 Å². The van der Waals surface area contributed by atoms with Gasteiger partial charge in [0, 0.05) is 32.4 Å². The Kier molecular flexibility index (Phi) is 6.62. The molecule has 0 unspecified atom stereocenters. The Hall–Kier alpha value is -1.93. The number of amides is 1. The number of hydrogen-bond acceptors (Lipinski definition) is 6. The maximum atomic E-state index is 12.6. The lowest BCUT2D eigenvalue weighted by atomic mass is 10.1. The first kappa shape index (κ1) is 18.8. The van der Waals surface area contributed by atoms with Crippen molar-refractivity contribution >= 4 is 22.4 Å². The number of carbonyl (C=O) groups is 1. The number of anilines is 1. The number of carbonyl (C=O) groups excluding carboxylic acids is 1. The van der Waals surface area contributed by atoms with Crippen LogP contribution in [0.5, 0.6) is 0 Å². The summed E-state index contributed by atoms with van der Waals surface area (Å²) in [5, 5.41) is 13.3. The molecule has 1 aliphatic heterocycles. The zero-order valence-corrected chi connectivity index (χ0v) is 16.5. The number of rotatable bonds is 8. The molecule has 1 saturated heterocycles. The molecular formula is C18H28N6OS. The van der Waals surface area contributed by atoms with Crippen molar-refractivity contribution in [1.29, 1.82) is 0 Å². The summed E-state index contributed by atoms with van der Waals surface area (Å²) in [5.41, 5.74) is 0.603. The van der Waals surface area contributed by atoms with Gasteiger partial charge in [-0.25, -0.2) is 0 Å². The number of nitrogens with zero attached hydrogens (tertiary/aromatic N) is 5. The zero-order chi connectivity index (χ0) is 18.4. The van der Waals surface area contributed by atoms with Crippen LogP contribution >= 0.6 is 11.3 Å². The van der Waals surface area contributed by atoms with Gasteiger partial charge in [-0.05, 0) is 44.5 Å². The fourth-order valence-corrected chi connectivity index (χ4v) is 4.10. The van der Waals surface area contributed by atoms with E-state index in [-0.39, 0.29) is 5.91 Å². The minimum atomic E-state index is -0.0723. The van der Waals surface area contributed by atoms with Crippen molar-refractivity contribution in [3.8, 4) is 5.13 Å². The highest BCUT2D eigenvalue weighted by Crippen LogP contribution is 2.26. The van der Waals surface area contributed by atoms with E-state index in [1.54, 1.807) is 11.3 Å². The number of likely N-dealkylation sites (N-methyl/N-ethyl adjacent to an activating group) is 1. The second-order valence-electron chi connectivity index (χ2n) is 6.46. The lowest BCUT2D eigenvalue weighted by molar-refractivity contribution is 0.0942. The molecule has 1 N–H and O–H groups in total. The van der Waals surface area contributed by atoms with Crippen LogP contribution < -0.4 is 10.2 Å². The van der Waals surface area contributed by atoms with Gasteiger partial charge in [0.15, 0.2) is 0 Å². The van der Waals surface area contributed by atoms with E-state index in [1.165, 1.54) is 19.3 Å². The minimum Gasteiger partial charge on any atom is -0.349 e. The third kappa shape index (κ3) is 4.42. The molecule has 26 heavy (non-hydrogen) atoms. The Balaban J connectivity index is 1.64. The summed E-state index contributed by atoms with van der Waals surface area (Å²) < 4.78 is 1.83. The van der Waals surface area contributed by atoms with Gasteiger partial charge in [0.25, 0.3) is 5.91 Å². The summed E-state index contributed by atoms with van der Waals surface area (Å²) >= 11 is 1.54. The molecule has 0 aromatic carbocycles. The van der Waals surface area contributed by atoms with Crippen LogP contribution in [0, 0.1) is 0 Å². The highest BCUT2D eigenvalue weighted by atomic mass is 32.1. The molecule has 3 heterocycles. The van der Waals surface area contributed by atoms with Crippen molar-refractivity contribution in [1.82, 2.24) is 25.0 Å². The van der Waals surface area contributed by atoms with E-state index in [2.05, 4.69) is 39.2 Å². The van der Waals surface area contributed by atoms with Crippen LogP contribution in [-0.2, 0) is 0 Å². The average molecular weight is 377 g/mol. The first-order valence-corrected chi connectivity index (χ1v) is 10.3. The largest absolute Gasteiger partial charge is 0.349 e. The van der Waals surface area contributed by atoms with Gasteiger partial charge in [0.1, 0.15) is 5.69 Å². The van der Waals surface area contributed by atoms with E-state index in [1.807, 2.05) is 22.9 Å². The standard InChI is InChI=1S/C18H28N6OS/c1-3-22(4-2)14-10-19-16(25)15-9-8-13-24(15)18-21-20-17(26-18)23-11-6-5-7-12-23/h8-9,13H,3-7,10-12,14H2,1-2H3,(H,19,25). The molecule has 0 bridgehead atoms. The van der Waals surface area contributed by atoms with Gasteiger partial charge in [-0.2, -0.15) is 0 Å². The van der Waals surface area contributed by atoms with Crippen molar-refractivity contribution in [3.05, 3.63) is 24.0 Å². The van der Waals surface area contributed by atoms with Gasteiger partial charge < -0.3 is 15.1 Å². The highest BCUT2D eigenvalue weighted by molar-refractivity contribution is 7.17. The van der Waals surface area contributed by atoms with Crippen LogP contribution in [0.4, 0.5) is 5.13 Å². The Labute approximate surface area is 159 Å². The summed E-state index contributed by atoms with van der Waals surface area (Å²) in [4.78, 5) is 17.1. The third-order valence-electron chi connectivity index (χ3n) is 4.83. The Morgan fingerprint density at radius 2 is 1.92 bits per heavy atom. The predicted octanol–water partition coefficient (Wildman–Crippen LogP) is 2.39. The van der Waals surface area contributed by atoms with Crippen LogP contribution in [0.1, 0.15) is 43.6 Å². The van der Waals surface area contributed by atoms with Gasteiger partial charge in [0.2, 0.25) is 10.3 Å². The van der Waals surface area contributed by atoms with Crippen molar-refractivity contribution in [2.45, 2.75) is 33.1 Å². The van der Waals surface area contributed by atoms with Crippen molar-refractivity contribution in [3.63, 3.8) is 0 Å². The van der Waals surface area contributed by atoms with E-state index in [0.717, 1.165) is 43.0 Å². The summed E-state index contributed by atoms with van der Waals surface area (Å²) in [5.74, 6) is -0.0723. The lowest BCUT2D eigenvalue weighted by Gasteiger charge is -2.25. The topological polar surface area (TPSA) is 66.3 Å². The summed E-state index contributed by atoms with van der Waals surface area (Å²) in [7, 11) is 0. The molecule has 8 heteroatoms. The maximum Gasteiger partial charge on any atom is 0.268 e. The number of aromatic nitrogens is 3. The Morgan fingerprint density at radius 1 is 1.19 bits per heavy atom. The molecule has 2 aromatic heterocycles. The number of nitrogens with one attached hydrogen (secondary N) is 1. The Morgan fingerprint density at radius 3 is 2.65 bits per heavy atom. The molecule has 7 nitrogen and oxygen atoms in total. The van der Waals surface area contributed by atoms with E-state index in [0.29, 0.717) is 12.2 Å². The molecule has 1 fully saturated rings. The Bertz CT molecular complexity index is 702. The van der Waals surface area contributed by atoms with Crippen molar-refractivity contribution in [2.24, 2.45) is 0 Å². The molecule has 1 aliphatic rings. The van der Waals surface area contributed by atoms with Crippen LogP contribution in [0.3, 0.4) is 0 Å². The molecule has 3 rings (SSSR count). The molecule has 0 aliphatic carbocycles.